The molecule has 2 N–H and O–H groups in total. The molecule has 1 aromatic carbocycles. The van der Waals surface area contributed by atoms with E-state index in [1.54, 1.807) is 6.20 Å². The molecular formula is C23H30N6OS. The van der Waals surface area contributed by atoms with Crippen LogP contribution >= 0.6 is 11.3 Å². The minimum absolute atomic E-state index is 0.311. The molecule has 2 aromatic heterocycles. The zero-order valence-electron chi connectivity index (χ0n) is 17.9. The van der Waals surface area contributed by atoms with Crippen LogP contribution in [0.4, 0.5) is 0 Å². The normalized spacial score (nSPS) is 16.2. The van der Waals surface area contributed by atoms with Crippen molar-refractivity contribution in [2.75, 3.05) is 39.4 Å². The summed E-state index contributed by atoms with van der Waals surface area (Å²) in [6.07, 6.45) is 5.57. The van der Waals surface area contributed by atoms with Crippen molar-refractivity contribution in [3.63, 3.8) is 0 Å². The number of rotatable bonds is 8. The Labute approximate surface area is 187 Å². The van der Waals surface area contributed by atoms with Gasteiger partial charge in [0.05, 0.1) is 37.8 Å². The van der Waals surface area contributed by atoms with Crippen LogP contribution in [0, 0.1) is 0 Å². The number of nitrogens with one attached hydrogen (secondary N) is 2. The van der Waals surface area contributed by atoms with Gasteiger partial charge in [-0.1, -0.05) is 24.3 Å². The van der Waals surface area contributed by atoms with Crippen LogP contribution in [-0.4, -0.2) is 59.8 Å². The molecule has 1 atom stereocenters. The van der Waals surface area contributed by atoms with Crippen LogP contribution in [0.1, 0.15) is 23.4 Å². The van der Waals surface area contributed by atoms with Crippen molar-refractivity contribution >= 4 is 17.3 Å². The Morgan fingerprint density at radius 2 is 2.06 bits per heavy atom. The van der Waals surface area contributed by atoms with E-state index >= 15 is 0 Å². The molecule has 0 saturated carbocycles. The fourth-order valence-electron chi connectivity index (χ4n) is 3.78. The Balaban J connectivity index is 1.47. The lowest BCUT2D eigenvalue weighted by atomic mass is 10.2. The lowest BCUT2D eigenvalue weighted by molar-refractivity contribution is 0.0177. The summed E-state index contributed by atoms with van der Waals surface area (Å²) < 4.78 is 7.58. The monoisotopic (exact) mass is 438 g/mol. The van der Waals surface area contributed by atoms with Gasteiger partial charge in [0.25, 0.3) is 0 Å². The van der Waals surface area contributed by atoms with Gasteiger partial charge >= 0.3 is 0 Å². The lowest BCUT2D eigenvalue weighted by Gasteiger charge is -2.34. The molecule has 4 rings (SSSR count). The van der Waals surface area contributed by atoms with Crippen LogP contribution in [0.5, 0.6) is 0 Å². The van der Waals surface area contributed by atoms with Gasteiger partial charge in [-0.15, -0.1) is 11.3 Å². The first-order chi connectivity index (χ1) is 15.3. The summed E-state index contributed by atoms with van der Waals surface area (Å²) >= 11 is 1.81. The number of hydrogen-bond donors (Lipinski definition) is 2. The number of nitrogens with zero attached hydrogens (tertiary/aromatic N) is 4. The van der Waals surface area contributed by atoms with E-state index in [0.717, 1.165) is 56.6 Å². The Hall–Kier alpha value is -2.68. The molecule has 1 aliphatic rings. The van der Waals surface area contributed by atoms with Crippen molar-refractivity contribution in [2.24, 2.45) is 4.99 Å². The molecule has 0 aliphatic carbocycles. The highest BCUT2D eigenvalue weighted by atomic mass is 32.1. The van der Waals surface area contributed by atoms with Crippen molar-refractivity contribution < 1.29 is 4.74 Å². The molecule has 0 amide bonds. The number of morpholine rings is 1. The van der Waals surface area contributed by atoms with E-state index < -0.39 is 0 Å². The van der Waals surface area contributed by atoms with Gasteiger partial charge in [0.15, 0.2) is 5.96 Å². The Morgan fingerprint density at radius 1 is 1.19 bits per heavy atom. The standard InChI is InChI=1S/C23H30N6OS/c1-2-25-23(26-16-19-6-3-4-7-20(19)29-10-9-24-18-29)27-17-21(22-8-5-15-31-22)28-11-13-30-14-12-28/h3-10,15,18,21H,2,11-14,16-17H2,1H3,(H2,25,26,27). The minimum Gasteiger partial charge on any atom is -0.379 e. The molecule has 0 bridgehead atoms. The first-order valence-corrected chi connectivity index (χ1v) is 11.7. The zero-order valence-corrected chi connectivity index (χ0v) is 18.7. The third-order valence-electron chi connectivity index (χ3n) is 5.35. The summed E-state index contributed by atoms with van der Waals surface area (Å²) in [7, 11) is 0. The van der Waals surface area contributed by atoms with E-state index in [4.69, 9.17) is 9.73 Å². The van der Waals surface area contributed by atoms with Crippen LogP contribution in [-0.2, 0) is 11.3 Å². The molecule has 164 valence electrons. The molecule has 1 aliphatic heterocycles. The summed E-state index contributed by atoms with van der Waals surface area (Å²) in [5.74, 6) is 0.831. The van der Waals surface area contributed by atoms with Gasteiger partial charge < -0.3 is 19.9 Å². The van der Waals surface area contributed by atoms with Crippen molar-refractivity contribution in [1.82, 2.24) is 25.1 Å². The average Bonchev–Trinajstić information content (AvgIpc) is 3.53. The van der Waals surface area contributed by atoms with Gasteiger partial charge in [-0.25, -0.2) is 9.98 Å². The first kappa shape index (κ1) is 21.5. The van der Waals surface area contributed by atoms with Gasteiger partial charge in [-0.05, 0) is 30.0 Å². The van der Waals surface area contributed by atoms with Crippen LogP contribution in [0.3, 0.4) is 0 Å². The van der Waals surface area contributed by atoms with Crippen molar-refractivity contribution in [1.29, 1.82) is 0 Å². The maximum absolute atomic E-state index is 5.56. The quantitative estimate of drug-likeness (QED) is 0.418. The number of benzene rings is 1. The molecule has 3 aromatic rings. The maximum atomic E-state index is 5.56. The number of guanidine groups is 1. The number of ether oxygens (including phenoxy) is 1. The van der Waals surface area contributed by atoms with E-state index in [1.165, 1.54) is 4.88 Å². The molecule has 0 radical (unpaired) electrons. The highest BCUT2D eigenvalue weighted by Crippen LogP contribution is 2.25. The van der Waals surface area contributed by atoms with Gasteiger partial charge in [0, 0.05) is 43.4 Å². The van der Waals surface area contributed by atoms with Crippen LogP contribution in [0.25, 0.3) is 5.69 Å². The SMILES string of the molecule is CCNC(=NCc1ccccc1-n1ccnc1)NCC(c1cccs1)N1CCOCC1. The molecule has 3 heterocycles. The second kappa shape index (κ2) is 11.1. The van der Waals surface area contributed by atoms with Crippen molar-refractivity contribution in [3.8, 4) is 5.69 Å². The number of aromatic nitrogens is 2. The number of imidazole rings is 1. The van der Waals surface area contributed by atoms with Crippen molar-refractivity contribution in [3.05, 3.63) is 70.9 Å². The summed E-state index contributed by atoms with van der Waals surface area (Å²) in [4.78, 5) is 12.9. The van der Waals surface area contributed by atoms with Gasteiger partial charge in [-0.2, -0.15) is 0 Å². The largest absolute Gasteiger partial charge is 0.379 e. The Kier molecular flexibility index (Phi) is 7.71. The molecule has 8 heteroatoms. The molecule has 7 nitrogen and oxygen atoms in total. The van der Waals surface area contributed by atoms with E-state index in [1.807, 2.05) is 34.5 Å². The van der Waals surface area contributed by atoms with E-state index in [-0.39, 0.29) is 0 Å². The molecular weight excluding hydrogens is 408 g/mol. The second-order valence-electron chi connectivity index (χ2n) is 7.35. The summed E-state index contributed by atoms with van der Waals surface area (Å²) in [5.41, 5.74) is 2.25. The number of para-hydroxylation sites is 1. The zero-order chi connectivity index (χ0) is 21.3. The highest BCUT2D eigenvalue weighted by molar-refractivity contribution is 7.10. The molecule has 1 unspecified atom stereocenters. The van der Waals surface area contributed by atoms with E-state index in [2.05, 4.69) is 63.2 Å². The minimum atomic E-state index is 0.311. The molecule has 31 heavy (non-hydrogen) atoms. The maximum Gasteiger partial charge on any atom is 0.191 e. The molecule has 1 saturated heterocycles. The van der Waals surface area contributed by atoms with Gasteiger partial charge in [0.1, 0.15) is 0 Å². The summed E-state index contributed by atoms with van der Waals surface area (Å²) in [5, 5.41) is 9.11. The third kappa shape index (κ3) is 5.72. The highest BCUT2D eigenvalue weighted by Gasteiger charge is 2.23. The fourth-order valence-corrected chi connectivity index (χ4v) is 4.64. The second-order valence-corrected chi connectivity index (χ2v) is 8.33. The fraction of sp³-hybridized carbons (Fsp3) is 0.391. The molecule has 0 spiro atoms. The molecule has 1 fully saturated rings. The topological polar surface area (TPSA) is 66.7 Å². The predicted octanol–water partition coefficient (Wildman–Crippen LogP) is 3.06. The third-order valence-corrected chi connectivity index (χ3v) is 6.32. The smallest absolute Gasteiger partial charge is 0.191 e. The number of thiophene rings is 1. The van der Waals surface area contributed by atoms with Crippen LogP contribution in [0.2, 0.25) is 0 Å². The Morgan fingerprint density at radius 3 is 2.81 bits per heavy atom. The first-order valence-electron chi connectivity index (χ1n) is 10.8. The van der Waals surface area contributed by atoms with Crippen molar-refractivity contribution in [2.45, 2.75) is 19.5 Å². The van der Waals surface area contributed by atoms with E-state index in [0.29, 0.717) is 12.6 Å². The average molecular weight is 439 g/mol. The summed E-state index contributed by atoms with van der Waals surface area (Å²) in [6.45, 7) is 7.79. The van der Waals surface area contributed by atoms with Crippen LogP contribution < -0.4 is 10.6 Å². The van der Waals surface area contributed by atoms with E-state index in [9.17, 15) is 0 Å². The van der Waals surface area contributed by atoms with Gasteiger partial charge in [-0.3, -0.25) is 4.90 Å². The number of aliphatic imine (C=N–C) groups is 1. The number of hydrogen-bond acceptors (Lipinski definition) is 5. The summed E-state index contributed by atoms with van der Waals surface area (Å²) in [6, 6.07) is 13.0. The predicted molar refractivity (Wildman–Crippen MR) is 126 cm³/mol. The van der Waals surface area contributed by atoms with Gasteiger partial charge in [0.2, 0.25) is 0 Å². The van der Waals surface area contributed by atoms with Crippen LogP contribution in [0.15, 0.2) is 65.5 Å². The lowest BCUT2D eigenvalue weighted by Crippen LogP contribution is -2.46. The Bertz CT molecular complexity index is 935.